The van der Waals surface area contributed by atoms with E-state index in [0.29, 0.717) is 6.04 Å². The van der Waals surface area contributed by atoms with Crippen molar-refractivity contribution >= 4 is 0 Å². The van der Waals surface area contributed by atoms with Crippen molar-refractivity contribution in [1.82, 2.24) is 5.32 Å². The number of rotatable bonds is 7. The SMILES string of the molecule is COc1ccc([C@H](C)NCCCC(C)C)cc1. The lowest BCUT2D eigenvalue weighted by Crippen LogP contribution is -2.20. The molecule has 0 saturated heterocycles. The molecule has 1 rings (SSSR count). The first-order chi connectivity index (χ1) is 8.13. The predicted molar refractivity (Wildman–Crippen MR) is 73.5 cm³/mol. The Labute approximate surface area is 105 Å². The highest BCUT2D eigenvalue weighted by molar-refractivity contribution is 5.28. The molecule has 1 aromatic carbocycles. The molecule has 0 radical (unpaired) electrons. The van der Waals surface area contributed by atoms with Crippen LogP contribution in [0.3, 0.4) is 0 Å². The van der Waals surface area contributed by atoms with Gasteiger partial charge >= 0.3 is 0 Å². The Morgan fingerprint density at radius 2 is 1.76 bits per heavy atom. The van der Waals surface area contributed by atoms with E-state index in [1.807, 2.05) is 12.1 Å². The summed E-state index contributed by atoms with van der Waals surface area (Å²) < 4.78 is 5.15. The van der Waals surface area contributed by atoms with E-state index >= 15 is 0 Å². The summed E-state index contributed by atoms with van der Waals surface area (Å²) >= 11 is 0. The fourth-order valence-corrected chi connectivity index (χ4v) is 1.84. The summed E-state index contributed by atoms with van der Waals surface area (Å²) in [5.74, 6) is 1.72. The van der Waals surface area contributed by atoms with Gasteiger partial charge in [-0.3, -0.25) is 0 Å². The highest BCUT2D eigenvalue weighted by Crippen LogP contribution is 2.17. The van der Waals surface area contributed by atoms with Gasteiger partial charge in [-0.1, -0.05) is 26.0 Å². The van der Waals surface area contributed by atoms with Crippen molar-refractivity contribution in [2.24, 2.45) is 5.92 Å². The van der Waals surface area contributed by atoms with Crippen molar-refractivity contribution in [3.05, 3.63) is 29.8 Å². The first-order valence-electron chi connectivity index (χ1n) is 6.50. The number of methoxy groups -OCH3 is 1. The molecule has 0 aliphatic carbocycles. The molecule has 1 N–H and O–H groups in total. The number of hydrogen-bond donors (Lipinski definition) is 1. The Morgan fingerprint density at radius 1 is 1.12 bits per heavy atom. The van der Waals surface area contributed by atoms with Gasteiger partial charge in [-0.15, -0.1) is 0 Å². The van der Waals surface area contributed by atoms with E-state index in [1.54, 1.807) is 7.11 Å². The van der Waals surface area contributed by atoms with Crippen LogP contribution in [-0.4, -0.2) is 13.7 Å². The molecule has 0 aliphatic heterocycles. The van der Waals surface area contributed by atoms with Gasteiger partial charge in [-0.2, -0.15) is 0 Å². The highest BCUT2D eigenvalue weighted by atomic mass is 16.5. The van der Waals surface area contributed by atoms with Crippen LogP contribution in [-0.2, 0) is 0 Å². The maximum atomic E-state index is 5.15. The summed E-state index contributed by atoms with van der Waals surface area (Å²) in [5, 5.41) is 3.55. The summed E-state index contributed by atoms with van der Waals surface area (Å²) in [7, 11) is 1.70. The minimum Gasteiger partial charge on any atom is -0.497 e. The van der Waals surface area contributed by atoms with Gasteiger partial charge in [0.05, 0.1) is 7.11 Å². The van der Waals surface area contributed by atoms with Crippen LogP contribution in [0.2, 0.25) is 0 Å². The van der Waals surface area contributed by atoms with Crippen LogP contribution in [0.15, 0.2) is 24.3 Å². The molecule has 0 bridgehead atoms. The number of ether oxygens (including phenoxy) is 1. The van der Waals surface area contributed by atoms with Gasteiger partial charge < -0.3 is 10.1 Å². The Kier molecular flexibility index (Phi) is 6.06. The van der Waals surface area contributed by atoms with Gasteiger partial charge in [-0.25, -0.2) is 0 Å². The molecule has 96 valence electrons. The van der Waals surface area contributed by atoms with Crippen LogP contribution >= 0.6 is 0 Å². The largest absolute Gasteiger partial charge is 0.497 e. The van der Waals surface area contributed by atoms with Crippen molar-refractivity contribution in [3.8, 4) is 5.75 Å². The van der Waals surface area contributed by atoms with E-state index in [4.69, 9.17) is 4.74 Å². The molecular formula is C15H25NO. The third kappa shape index (κ3) is 5.22. The Hall–Kier alpha value is -1.02. The summed E-state index contributed by atoms with van der Waals surface area (Å²) in [4.78, 5) is 0. The first-order valence-corrected chi connectivity index (χ1v) is 6.50. The highest BCUT2D eigenvalue weighted by Gasteiger charge is 2.04. The third-order valence-electron chi connectivity index (χ3n) is 3.02. The van der Waals surface area contributed by atoms with Crippen molar-refractivity contribution < 1.29 is 4.74 Å². The quantitative estimate of drug-likeness (QED) is 0.726. The lowest BCUT2D eigenvalue weighted by Gasteiger charge is -2.15. The average molecular weight is 235 g/mol. The average Bonchev–Trinajstić information content (AvgIpc) is 2.34. The van der Waals surface area contributed by atoms with Crippen LogP contribution < -0.4 is 10.1 Å². The molecule has 2 heteroatoms. The lowest BCUT2D eigenvalue weighted by atomic mass is 10.1. The number of hydrogen-bond acceptors (Lipinski definition) is 2. The van der Waals surface area contributed by atoms with E-state index < -0.39 is 0 Å². The van der Waals surface area contributed by atoms with Gasteiger partial charge in [0, 0.05) is 6.04 Å². The number of nitrogens with one attached hydrogen (secondary N) is 1. The van der Waals surface area contributed by atoms with Gasteiger partial charge in [0.15, 0.2) is 0 Å². The van der Waals surface area contributed by atoms with Crippen molar-refractivity contribution in [2.45, 2.75) is 39.7 Å². The van der Waals surface area contributed by atoms with Crippen LogP contribution in [0.25, 0.3) is 0 Å². The van der Waals surface area contributed by atoms with Crippen molar-refractivity contribution in [1.29, 1.82) is 0 Å². The van der Waals surface area contributed by atoms with Gasteiger partial charge in [0.2, 0.25) is 0 Å². The molecule has 0 unspecified atom stereocenters. The standard InChI is InChI=1S/C15H25NO/c1-12(2)6-5-11-16-13(3)14-7-9-15(17-4)10-8-14/h7-10,12-13,16H,5-6,11H2,1-4H3/t13-/m0/s1. The predicted octanol–water partition coefficient (Wildman–Crippen LogP) is 3.78. The van der Waals surface area contributed by atoms with Gasteiger partial charge in [-0.05, 0) is 49.9 Å². The first kappa shape index (κ1) is 14.0. The lowest BCUT2D eigenvalue weighted by molar-refractivity contribution is 0.414. The second kappa shape index (κ2) is 7.33. The van der Waals surface area contributed by atoms with Crippen molar-refractivity contribution in [3.63, 3.8) is 0 Å². The van der Waals surface area contributed by atoms with E-state index in [2.05, 4.69) is 38.2 Å². The fourth-order valence-electron chi connectivity index (χ4n) is 1.84. The summed E-state index contributed by atoms with van der Waals surface area (Å²) in [6, 6.07) is 8.69. The summed E-state index contributed by atoms with van der Waals surface area (Å²) in [6.07, 6.45) is 2.54. The molecule has 0 spiro atoms. The zero-order chi connectivity index (χ0) is 12.7. The smallest absolute Gasteiger partial charge is 0.118 e. The van der Waals surface area contributed by atoms with Gasteiger partial charge in [0.25, 0.3) is 0 Å². The van der Waals surface area contributed by atoms with Crippen molar-refractivity contribution in [2.75, 3.05) is 13.7 Å². The minimum atomic E-state index is 0.410. The maximum absolute atomic E-state index is 5.15. The topological polar surface area (TPSA) is 21.3 Å². The minimum absolute atomic E-state index is 0.410. The van der Waals surface area contributed by atoms with E-state index in [1.165, 1.54) is 18.4 Å². The molecule has 0 aliphatic rings. The molecule has 17 heavy (non-hydrogen) atoms. The number of benzene rings is 1. The molecule has 1 aromatic rings. The monoisotopic (exact) mass is 235 g/mol. The molecule has 0 aromatic heterocycles. The zero-order valence-electron chi connectivity index (χ0n) is 11.5. The second-order valence-electron chi connectivity index (χ2n) is 4.99. The van der Waals surface area contributed by atoms with Gasteiger partial charge in [0.1, 0.15) is 5.75 Å². The molecule has 2 nitrogen and oxygen atoms in total. The molecule has 0 saturated carbocycles. The van der Waals surface area contributed by atoms with Crippen LogP contribution in [0.4, 0.5) is 0 Å². The molecule has 0 heterocycles. The normalized spacial score (nSPS) is 12.8. The molecular weight excluding hydrogens is 210 g/mol. The summed E-state index contributed by atoms with van der Waals surface area (Å²) in [5.41, 5.74) is 1.32. The van der Waals surface area contributed by atoms with Crippen LogP contribution in [0.1, 0.15) is 45.2 Å². The maximum Gasteiger partial charge on any atom is 0.118 e. The molecule has 1 atom stereocenters. The van der Waals surface area contributed by atoms with E-state index in [-0.39, 0.29) is 0 Å². The Morgan fingerprint density at radius 3 is 2.29 bits per heavy atom. The second-order valence-corrected chi connectivity index (χ2v) is 4.99. The van der Waals surface area contributed by atoms with E-state index in [9.17, 15) is 0 Å². The molecule has 0 fully saturated rings. The van der Waals surface area contributed by atoms with Crippen LogP contribution in [0, 0.1) is 5.92 Å². The molecule has 0 amide bonds. The Balaban J connectivity index is 2.33. The summed E-state index contributed by atoms with van der Waals surface area (Å²) in [6.45, 7) is 7.84. The zero-order valence-corrected chi connectivity index (χ0v) is 11.5. The van der Waals surface area contributed by atoms with E-state index in [0.717, 1.165) is 18.2 Å². The third-order valence-corrected chi connectivity index (χ3v) is 3.02. The Bertz CT molecular complexity index is 305. The fraction of sp³-hybridized carbons (Fsp3) is 0.600. The van der Waals surface area contributed by atoms with Crippen LogP contribution in [0.5, 0.6) is 5.75 Å².